The van der Waals surface area contributed by atoms with Crippen LogP contribution in [-0.4, -0.2) is 12.5 Å². The molecule has 0 saturated heterocycles. The van der Waals surface area contributed by atoms with Gasteiger partial charge in [-0.15, -0.1) is 0 Å². The summed E-state index contributed by atoms with van der Waals surface area (Å²) in [5.41, 5.74) is 3.73. The Bertz CT molecular complexity index is 831. The van der Waals surface area contributed by atoms with Crippen LogP contribution in [0.3, 0.4) is 0 Å². The van der Waals surface area contributed by atoms with E-state index in [1.54, 1.807) is 0 Å². The third kappa shape index (κ3) is 4.69. The summed E-state index contributed by atoms with van der Waals surface area (Å²) in [6, 6.07) is 23.2. The quantitative estimate of drug-likeness (QED) is 0.625. The van der Waals surface area contributed by atoms with Crippen LogP contribution in [0.5, 0.6) is 0 Å². The molecule has 1 amide bonds. The van der Waals surface area contributed by atoms with E-state index in [-0.39, 0.29) is 5.91 Å². The second-order valence-corrected chi connectivity index (χ2v) is 6.44. The molecule has 0 spiro atoms. The van der Waals surface area contributed by atoms with Gasteiger partial charge in [0.2, 0.25) is 5.91 Å². The average molecular weight is 331 g/mol. The molecule has 1 N–H and O–H groups in total. The molecule has 0 heterocycles. The molecule has 0 aliphatic carbocycles. The lowest BCUT2D eigenvalue weighted by molar-refractivity contribution is -0.120. The molecule has 2 heteroatoms. The van der Waals surface area contributed by atoms with Crippen LogP contribution >= 0.6 is 0 Å². The zero-order chi connectivity index (χ0) is 17.5. The molecule has 128 valence electrons. The lowest BCUT2D eigenvalue weighted by Crippen LogP contribution is -2.26. The summed E-state index contributed by atoms with van der Waals surface area (Å²) >= 11 is 0. The first-order chi connectivity index (χ1) is 12.3. The average Bonchev–Trinajstić information content (AvgIpc) is 2.66. The molecule has 0 unspecified atom stereocenters. The molecule has 0 atom stereocenters. The predicted octanol–water partition coefficient (Wildman–Crippen LogP) is 4.69. The first kappa shape index (κ1) is 17.2. The van der Waals surface area contributed by atoms with Crippen molar-refractivity contribution in [2.24, 2.45) is 0 Å². The van der Waals surface area contributed by atoms with Crippen molar-refractivity contribution in [1.29, 1.82) is 0 Å². The van der Waals surface area contributed by atoms with Crippen molar-refractivity contribution in [3.8, 4) is 0 Å². The van der Waals surface area contributed by atoms with Crippen LogP contribution in [0.4, 0.5) is 0 Å². The van der Waals surface area contributed by atoms with Crippen molar-refractivity contribution in [1.82, 2.24) is 5.32 Å². The Morgan fingerprint density at radius 1 is 0.880 bits per heavy atom. The summed E-state index contributed by atoms with van der Waals surface area (Å²) in [5, 5.41) is 5.63. The zero-order valence-electron chi connectivity index (χ0n) is 14.8. The third-order valence-electron chi connectivity index (χ3n) is 4.62. The predicted molar refractivity (Wildman–Crippen MR) is 105 cm³/mol. The molecule has 0 aliphatic heterocycles. The van der Waals surface area contributed by atoms with Gasteiger partial charge in [-0.2, -0.15) is 0 Å². The SMILES string of the molecule is CCc1ccc(CC(=O)NCCCc2cccc3ccccc23)cc1. The first-order valence-electron chi connectivity index (χ1n) is 9.07. The molecular weight excluding hydrogens is 306 g/mol. The number of hydrogen-bond donors (Lipinski definition) is 1. The van der Waals surface area contributed by atoms with Gasteiger partial charge in [-0.05, 0) is 46.7 Å². The molecular formula is C23H25NO. The summed E-state index contributed by atoms with van der Waals surface area (Å²) in [5.74, 6) is 0.0992. The fraction of sp³-hybridized carbons (Fsp3) is 0.261. The van der Waals surface area contributed by atoms with E-state index < -0.39 is 0 Å². The molecule has 0 fully saturated rings. The Balaban J connectivity index is 1.46. The number of amides is 1. The second-order valence-electron chi connectivity index (χ2n) is 6.44. The van der Waals surface area contributed by atoms with Crippen LogP contribution in [0.15, 0.2) is 66.7 Å². The van der Waals surface area contributed by atoms with E-state index in [4.69, 9.17) is 0 Å². The van der Waals surface area contributed by atoms with Gasteiger partial charge in [0.25, 0.3) is 0 Å². The third-order valence-corrected chi connectivity index (χ3v) is 4.62. The van der Waals surface area contributed by atoms with Gasteiger partial charge in [0.1, 0.15) is 0 Å². The summed E-state index contributed by atoms with van der Waals surface area (Å²) in [6.07, 6.45) is 3.42. The maximum absolute atomic E-state index is 12.1. The number of benzene rings is 3. The van der Waals surface area contributed by atoms with Crippen LogP contribution in [0, 0.1) is 0 Å². The van der Waals surface area contributed by atoms with Crippen LogP contribution in [0.1, 0.15) is 30.0 Å². The van der Waals surface area contributed by atoms with Gasteiger partial charge in [-0.3, -0.25) is 4.79 Å². The monoisotopic (exact) mass is 331 g/mol. The highest BCUT2D eigenvalue weighted by molar-refractivity contribution is 5.85. The molecule has 0 bridgehead atoms. The molecule has 0 aromatic heterocycles. The Labute approximate surface area is 149 Å². The number of nitrogens with one attached hydrogen (secondary N) is 1. The molecule has 2 nitrogen and oxygen atoms in total. The number of carbonyl (C=O) groups is 1. The van der Waals surface area contributed by atoms with Gasteiger partial charge < -0.3 is 5.32 Å². The highest BCUT2D eigenvalue weighted by Crippen LogP contribution is 2.19. The fourth-order valence-corrected chi connectivity index (χ4v) is 3.16. The number of rotatable bonds is 7. The molecule has 25 heavy (non-hydrogen) atoms. The summed E-state index contributed by atoms with van der Waals surface area (Å²) < 4.78 is 0. The van der Waals surface area contributed by atoms with E-state index in [1.807, 2.05) is 0 Å². The van der Waals surface area contributed by atoms with E-state index >= 15 is 0 Å². The summed E-state index contributed by atoms with van der Waals surface area (Å²) in [4.78, 5) is 12.1. The minimum absolute atomic E-state index is 0.0992. The standard InChI is InChI=1S/C23H25NO/c1-2-18-12-14-19(15-13-18)17-23(25)24-16-6-10-21-9-5-8-20-7-3-4-11-22(20)21/h3-5,7-9,11-15H,2,6,10,16-17H2,1H3,(H,24,25). The van der Waals surface area contributed by atoms with Gasteiger partial charge in [-0.25, -0.2) is 0 Å². The number of carbonyl (C=O) groups excluding carboxylic acids is 1. The van der Waals surface area contributed by atoms with Crippen molar-refractivity contribution >= 4 is 16.7 Å². The largest absolute Gasteiger partial charge is 0.356 e. The molecule has 3 rings (SSSR count). The van der Waals surface area contributed by atoms with E-state index in [0.29, 0.717) is 6.42 Å². The smallest absolute Gasteiger partial charge is 0.224 e. The Morgan fingerprint density at radius 2 is 1.60 bits per heavy atom. The molecule has 3 aromatic carbocycles. The van der Waals surface area contributed by atoms with Gasteiger partial charge >= 0.3 is 0 Å². The molecule has 0 saturated carbocycles. The lowest BCUT2D eigenvalue weighted by atomic mass is 10.0. The van der Waals surface area contributed by atoms with Crippen LogP contribution < -0.4 is 5.32 Å². The second kappa shape index (κ2) is 8.48. The number of aryl methyl sites for hydroxylation is 2. The van der Waals surface area contributed by atoms with Gasteiger partial charge in [0, 0.05) is 6.54 Å². The zero-order valence-corrected chi connectivity index (χ0v) is 14.8. The first-order valence-corrected chi connectivity index (χ1v) is 9.07. The van der Waals surface area contributed by atoms with Crippen molar-refractivity contribution in [2.45, 2.75) is 32.6 Å². The summed E-state index contributed by atoms with van der Waals surface area (Å²) in [7, 11) is 0. The molecule has 0 radical (unpaired) electrons. The maximum Gasteiger partial charge on any atom is 0.224 e. The highest BCUT2D eigenvalue weighted by atomic mass is 16.1. The van der Waals surface area contributed by atoms with Gasteiger partial charge in [0.05, 0.1) is 6.42 Å². The normalized spacial score (nSPS) is 10.8. The van der Waals surface area contributed by atoms with Crippen molar-refractivity contribution in [2.75, 3.05) is 6.54 Å². The lowest BCUT2D eigenvalue weighted by Gasteiger charge is -2.08. The number of hydrogen-bond acceptors (Lipinski definition) is 1. The molecule has 3 aromatic rings. The molecule has 0 aliphatic rings. The van der Waals surface area contributed by atoms with Crippen molar-refractivity contribution in [3.05, 3.63) is 83.4 Å². The van der Waals surface area contributed by atoms with Gasteiger partial charge in [-0.1, -0.05) is 73.7 Å². The fourth-order valence-electron chi connectivity index (χ4n) is 3.16. The Hall–Kier alpha value is -2.61. The topological polar surface area (TPSA) is 29.1 Å². The van der Waals surface area contributed by atoms with E-state index in [2.05, 4.69) is 79.0 Å². The van der Waals surface area contributed by atoms with E-state index in [0.717, 1.165) is 31.4 Å². The number of fused-ring (bicyclic) bond motifs is 1. The maximum atomic E-state index is 12.1. The van der Waals surface area contributed by atoms with Crippen LogP contribution in [0.2, 0.25) is 0 Å². The van der Waals surface area contributed by atoms with E-state index in [1.165, 1.54) is 21.9 Å². The van der Waals surface area contributed by atoms with Crippen LogP contribution in [-0.2, 0) is 24.1 Å². The van der Waals surface area contributed by atoms with Crippen molar-refractivity contribution < 1.29 is 4.79 Å². The summed E-state index contributed by atoms with van der Waals surface area (Å²) in [6.45, 7) is 2.85. The van der Waals surface area contributed by atoms with Crippen LogP contribution in [0.25, 0.3) is 10.8 Å². The minimum Gasteiger partial charge on any atom is -0.356 e. The van der Waals surface area contributed by atoms with E-state index in [9.17, 15) is 4.79 Å². The highest BCUT2D eigenvalue weighted by Gasteiger charge is 2.04. The Morgan fingerprint density at radius 3 is 2.40 bits per heavy atom. The minimum atomic E-state index is 0.0992. The Kier molecular flexibility index (Phi) is 5.84. The van der Waals surface area contributed by atoms with Gasteiger partial charge in [0.15, 0.2) is 0 Å². The van der Waals surface area contributed by atoms with Crippen molar-refractivity contribution in [3.63, 3.8) is 0 Å².